The van der Waals surface area contributed by atoms with E-state index < -0.39 is 6.10 Å². The van der Waals surface area contributed by atoms with Crippen LogP contribution in [0.5, 0.6) is 0 Å². The summed E-state index contributed by atoms with van der Waals surface area (Å²) in [6.45, 7) is 6.74. The van der Waals surface area contributed by atoms with Gasteiger partial charge in [-0.15, -0.1) is 0 Å². The van der Waals surface area contributed by atoms with E-state index in [1.54, 1.807) is 6.92 Å². The third-order valence-electron chi connectivity index (χ3n) is 1.43. The van der Waals surface area contributed by atoms with Crippen molar-refractivity contribution in [3.63, 3.8) is 0 Å². The smallest absolute Gasteiger partial charge is 0.0929 e. The Morgan fingerprint density at radius 1 is 1.64 bits per heavy atom. The number of halogens is 1. The molecule has 0 aliphatic rings. The molecular formula is C9H15FO. The van der Waals surface area contributed by atoms with Gasteiger partial charge in [-0.2, -0.15) is 0 Å². The van der Waals surface area contributed by atoms with Crippen molar-refractivity contribution in [1.82, 2.24) is 0 Å². The molecule has 1 unspecified atom stereocenters. The Labute approximate surface area is 67.2 Å². The summed E-state index contributed by atoms with van der Waals surface area (Å²) < 4.78 is 12.1. The van der Waals surface area contributed by atoms with E-state index in [-0.39, 0.29) is 5.83 Å². The van der Waals surface area contributed by atoms with Gasteiger partial charge in [0.2, 0.25) is 0 Å². The highest BCUT2D eigenvalue weighted by atomic mass is 19.1. The molecule has 1 N–H and O–H groups in total. The van der Waals surface area contributed by atoms with E-state index in [2.05, 4.69) is 6.58 Å². The molecule has 0 aromatic heterocycles. The maximum Gasteiger partial charge on any atom is 0.0929 e. The van der Waals surface area contributed by atoms with E-state index in [0.29, 0.717) is 12.8 Å². The van der Waals surface area contributed by atoms with Gasteiger partial charge in [0.25, 0.3) is 0 Å². The second-order valence-corrected chi connectivity index (χ2v) is 2.73. The summed E-state index contributed by atoms with van der Waals surface area (Å²) in [6.07, 6.45) is 2.09. The Morgan fingerprint density at radius 2 is 2.18 bits per heavy atom. The van der Waals surface area contributed by atoms with Gasteiger partial charge in [0, 0.05) is 0 Å². The van der Waals surface area contributed by atoms with Crippen LogP contribution in [-0.4, -0.2) is 11.2 Å². The zero-order valence-corrected chi connectivity index (χ0v) is 7.10. The summed E-state index contributed by atoms with van der Waals surface area (Å²) >= 11 is 0. The second kappa shape index (κ2) is 5.08. The number of rotatable bonds is 4. The Hall–Kier alpha value is -0.630. The minimum Gasteiger partial charge on any atom is -0.389 e. The van der Waals surface area contributed by atoms with Gasteiger partial charge in [-0.1, -0.05) is 18.2 Å². The lowest BCUT2D eigenvalue weighted by molar-refractivity contribution is 0.202. The fourth-order valence-corrected chi connectivity index (χ4v) is 0.686. The maximum absolute atomic E-state index is 12.1. The minimum absolute atomic E-state index is 0.195. The average molecular weight is 158 g/mol. The molecule has 0 spiro atoms. The van der Waals surface area contributed by atoms with Gasteiger partial charge in [-0.05, 0) is 26.7 Å². The van der Waals surface area contributed by atoms with Crippen LogP contribution in [0, 0.1) is 0 Å². The molecular weight excluding hydrogens is 143 g/mol. The average Bonchev–Trinajstić information content (AvgIpc) is 1.86. The first-order valence-electron chi connectivity index (χ1n) is 3.69. The van der Waals surface area contributed by atoms with Crippen molar-refractivity contribution in [2.45, 2.75) is 32.8 Å². The van der Waals surface area contributed by atoms with E-state index in [0.717, 1.165) is 5.57 Å². The molecule has 64 valence electrons. The van der Waals surface area contributed by atoms with Gasteiger partial charge in [0.1, 0.15) is 0 Å². The van der Waals surface area contributed by atoms with Gasteiger partial charge in [0.05, 0.1) is 11.9 Å². The van der Waals surface area contributed by atoms with Crippen LogP contribution in [0.3, 0.4) is 0 Å². The number of hydrogen-bond acceptors (Lipinski definition) is 1. The van der Waals surface area contributed by atoms with Crippen LogP contribution >= 0.6 is 0 Å². The lowest BCUT2D eigenvalue weighted by Gasteiger charge is -2.06. The van der Waals surface area contributed by atoms with Crippen molar-refractivity contribution in [3.05, 3.63) is 24.1 Å². The Balaban J connectivity index is 3.55. The van der Waals surface area contributed by atoms with Crippen molar-refractivity contribution < 1.29 is 9.50 Å². The van der Waals surface area contributed by atoms with E-state index in [9.17, 15) is 9.50 Å². The molecule has 0 saturated heterocycles. The van der Waals surface area contributed by atoms with Gasteiger partial charge in [-0.25, -0.2) is 4.39 Å². The summed E-state index contributed by atoms with van der Waals surface area (Å²) in [6, 6.07) is 0. The molecule has 0 aromatic rings. The highest BCUT2D eigenvalue weighted by Gasteiger charge is 2.01. The zero-order chi connectivity index (χ0) is 8.85. The van der Waals surface area contributed by atoms with E-state index in [1.165, 1.54) is 13.0 Å². The number of allylic oxidation sites excluding steroid dienone is 2. The van der Waals surface area contributed by atoms with Crippen molar-refractivity contribution >= 4 is 0 Å². The molecule has 1 atom stereocenters. The van der Waals surface area contributed by atoms with Crippen molar-refractivity contribution in [1.29, 1.82) is 0 Å². The van der Waals surface area contributed by atoms with Crippen LogP contribution in [0.2, 0.25) is 0 Å². The zero-order valence-electron chi connectivity index (χ0n) is 7.10. The quantitative estimate of drug-likeness (QED) is 0.623. The molecule has 0 saturated carbocycles. The first-order chi connectivity index (χ1) is 5.04. The van der Waals surface area contributed by atoms with Crippen LogP contribution in [0.4, 0.5) is 4.39 Å². The lowest BCUT2D eigenvalue weighted by atomic mass is 10.1. The summed E-state index contributed by atoms with van der Waals surface area (Å²) in [5.74, 6) is -0.195. The van der Waals surface area contributed by atoms with Gasteiger partial charge in [-0.3, -0.25) is 0 Å². The van der Waals surface area contributed by atoms with Crippen LogP contribution in [0.25, 0.3) is 0 Å². The van der Waals surface area contributed by atoms with E-state index in [4.69, 9.17) is 0 Å². The highest BCUT2D eigenvalue weighted by Crippen LogP contribution is 2.07. The number of hydrogen-bond donors (Lipinski definition) is 1. The van der Waals surface area contributed by atoms with Gasteiger partial charge in [0.15, 0.2) is 0 Å². The van der Waals surface area contributed by atoms with Gasteiger partial charge < -0.3 is 5.11 Å². The Morgan fingerprint density at radius 3 is 2.55 bits per heavy atom. The third kappa shape index (κ3) is 5.80. The predicted octanol–water partition coefficient (Wildman–Crippen LogP) is 2.58. The van der Waals surface area contributed by atoms with Gasteiger partial charge >= 0.3 is 0 Å². The van der Waals surface area contributed by atoms with E-state index in [1.807, 2.05) is 0 Å². The second-order valence-electron chi connectivity index (χ2n) is 2.73. The minimum atomic E-state index is -0.495. The highest BCUT2D eigenvalue weighted by molar-refractivity contribution is 4.98. The summed E-state index contributed by atoms with van der Waals surface area (Å²) in [5.41, 5.74) is 0.731. The van der Waals surface area contributed by atoms with Crippen molar-refractivity contribution in [3.8, 4) is 0 Å². The standard InChI is InChI=1S/C9H15FO/c1-7(2)9(11)6-4-5-8(3)10/h5,9,11H,1,4,6H2,2-3H3/b8-5-. The Kier molecular flexibility index (Phi) is 4.79. The molecule has 0 rings (SSSR count). The summed E-state index contributed by atoms with van der Waals surface area (Å²) in [5, 5.41) is 9.19. The predicted molar refractivity (Wildman–Crippen MR) is 44.9 cm³/mol. The molecule has 0 heterocycles. The van der Waals surface area contributed by atoms with E-state index >= 15 is 0 Å². The normalized spacial score (nSPS) is 14.7. The third-order valence-corrected chi connectivity index (χ3v) is 1.43. The molecule has 0 aliphatic carbocycles. The summed E-state index contributed by atoms with van der Waals surface area (Å²) in [4.78, 5) is 0. The molecule has 0 aromatic carbocycles. The summed E-state index contributed by atoms with van der Waals surface area (Å²) in [7, 11) is 0. The molecule has 1 nitrogen and oxygen atoms in total. The number of aliphatic hydroxyl groups excluding tert-OH is 1. The van der Waals surface area contributed by atoms with Crippen LogP contribution in [-0.2, 0) is 0 Å². The lowest BCUT2D eigenvalue weighted by Crippen LogP contribution is -2.05. The van der Waals surface area contributed by atoms with Crippen molar-refractivity contribution in [2.24, 2.45) is 0 Å². The molecule has 0 radical (unpaired) electrons. The van der Waals surface area contributed by atoms with Crippen molar-refractivity contribution in [2.75, 3.05) is 0 Å². The van der Waals surface area contributed by atoms with Crippen LogP contribution < -0.4 is 0 Å². The molecule has 0 bridgehead atoms. The molecule has 0 fully saturated rings. The fourth-order valence-electron chi connectivity index (χ4n) is 0.686. The number of aliphatic hydroxyl groups is 1. The topological polar surface area (TPSA) is 20.2 Å². The fraction of sp³-hybridized carbons (Fsp3) is 0.556. The molecule has 0 aliphatic heterocycles. The first-order valence-corrected chi connectivity index (χ1v) is 3.69. The first kappa shape index (κ1) is 10.4. The molecule has 2 heteroatoms. The largest absolute Gasteiger partial charge is 0.389 e. The molecule has 0 amide bonds. The monoisotopic (exact) mass is 158 g/mol. The molecule has 11 heavy (non-hydrogen) atoms. The van der Waals surface area contributed by atoms with Crippen LogP contribution in [0.15, 0.2) is 24.1 Å². The SMILES string of the molecule is C=C(C)C(O)CC/C=C(/C)F. The Bertz CT molecular complexity index is 157. The maximum atomic E-state index is 12.1. The van der Waals surface area contributed by atoms with Crippen LogP contribution in [0.1, 0.15) is 26.7 Å².